The number of carboxylic acids is 1. The average Bonchev–Trinajstić information content (AvgIpc) is 2.50. The molecule has 2 rings (SSSR count). The Kier molecular flexibility index (Phi) is 6.23. The van der Waals surface area contributed by atoms with Crippen LogP contribution in [0.25, 0.3) is 0 Å². The molecule has 0 spiro atoms. The predicted molar refractivity (Wildman–Crippen MR) is 93.1 cm³/mol. The minimum absolute atomic E-state index is 0.308. The molecule has 0 bridgehead atoms. The molecule has 0 aromatic heterocycles. The van der Waals surface area contributed by atoms with E-state index in [2.05, 4.69) is 5.32 Å². The molecule has 126 valence electrons. The largest absolute Gasteiger partial charge is 0.550 e. The first kappa shape index (κ1) is 18.3. The van der Waals surface area contributed by atoms with Gasteiger partial charge in [0.15, 0.2) is 0 Å². The SMILES string of the molecule is Cc1cccc(C[C@@H](CC(=O)[O-])C(=O)Nc2ccc(Cl)c(Cl)c2)c1. The number of benzene rings is 2. The van der Waals surface area contributed by atoms with Crippen LogP contribution in [0.1, 0.15) is 17.5 Å². The van der Waals surface area contributed by atoms with Gasteiger partial charge in [0, 0.05) is 17.6 Å². The van der Waals surface area contributed by atoms with Crippen LogP contribution in [0.4, 0.5) is 5.69 Å². The number of carboxylic acid groups (broad SMARTS) is 1. The van der Waals surface area contributed by atoms with Crippen LogP contribution in [-0.4, -0.2) is 11.9 Å². The minimum Gasteiger partial charge on any atom is -0.550 e. The summed E-state index contributed by atoms with van der Waals surface area (Å²) in [5.41, 5.74) is 2.40. The molecular formula is C18H16Cl2NO3-. The highest BCUT2D eigenvalue weighted by Gasteiger charge is 2.20. The number of hydrogen-bond donors (Lipinski definition) is 1. The molecule has 0 radical (unpaired) electrons. The lowest BCUT2D eigenvalue weighted by molar-refractivity contribution is -0.306. The summed E-state index contributed by atoms with van der Waals surface area (Å²) in [7, 11) is 0. The molecule has 6 heteroatoms. The topological polar surface area (TPSA) is 69.2 Å². The van der Waals surface area contributed by atoms with Gasteiger partial charge in [-0.3, -0.25) is 4.79 Å². The van der Waals surface area contributed by atoms with E-state index in [1.807, 2.05) is 31.2 Å². The van der Waals surface area contributed by atoms with Gasteiger partial charge in [-0.05, 0) is 43.5 Å². The fourth-order valence-corrected chi connectivity index (χ4v) is 2.70. The van der Waals surface area contributed by atoms with Crippen molar-refractivity contribution < 1.29 is 14.7 Å². The lowest BCUT2D eigenvalue weighted by Crippen LogP contribution is -2.32. The lowest BCUT2D eigenvalue weighted by atomic mass is 9.94. The van der Waals surface area contributed by atoms with Crippen LogP contribution < -0.4 is 10.4 Å². The summed E-state index contributed by atoms with van der Waals surface area (Å²) < 4.78 is 0. The number of halogens is 2. The minimum atomic E-state index is -1.27. The van der Waals surface area contributed by atoms with Crippen molar-refractivity contribution in [2.75, 3.05) is 5.32 Å². The number of hydrogen-bond acceptors (Lipinski definition) is 3. The average molecular weight is 365 g/mol. The van der Waals surface area contributed by atoms with E-state index >= 15 is 0 Å². The summed E-state index contributed by atoms with van der Waals surface area (Å²) in [6.07, 6.45) is -0.0517. The van der Waals surface area contributed by atoms with Gasteiger partial charge >= 0.3 is 0 Å². The van der Waals surface area contributed by atoms with Crippen LogP contribution in [0, 0.1) is 12.8 Å². The summed E-state index contributed by atoms with van der Waals surface area (Å²) in [5, 5.41) is 14.4. The van der Waals surface area contributed by atoms with E-state index in [1.54, 1.807) is 12.1 Å². The van der Waals surface area contributed by atoms with Gasteiger partial charge in [0.05, 0.1) is 10.0 Å². The van der Waals surface area contributed by atoms with E-state index < -0.39 is 17.8 Å². The Hall–Kier alpha value is -2.04. The number of aliphatic carboxylic acids is 1. The fourth-order valence-electron chi connectivity index (χ4n) is 2.40. The quantitative estimate of drug-likeness (QED) is 0.855. The highest BCUT2D eigenvalue weighted by Crippen LogP contribution is 2.25. The molecule has 0 saturated carbocycles. The number of anilines is 1. The van der Waals surface area contributed by atoms with Gasteiger partial charge in [-0.2, -0.15) is 0 Å². The van der Waals surface area contributed by atoms with Crippen molar-refractivity contribution in [3.05, 3.63) is 63.6 Å². The molecule has 2 aromatic carbocycles. The molecule has 0 heterocycles. The van der Waals surface area contributed by atoms with Gasteiger partial charge in [-0.25, -0.2) is 0 Å². The summed E-state index contributed by atoms with van der Waals surface area (Å²) in [5.74, 6) is -2.41. The van der Waals surface area contributed by atoms with Crippen LogP contribution in [0.2, 0.25) is 10.0 Å². The second kappa shape index (κ2) is 8.18. The highest BCUT2D eigenvalue weighted by atomic mass is 35.5. The summed E-state index contributed by atoms with van der Waals surface area (Å²) >= 11 is 11.8. The maximum absolute atomic E-state index is 12.5. The second-order valence-electron chi connectivity index (χ2n) is 5.58. The first-order valence-corrected chi connectivity index (χ1v) is 8.12. The molecule has 0 aliphatic heterocycles. The normalized spacial score (nSPS) is 11.8. The van der Waals surface area contributed by atoms with Crippen LogP contribution in [0.15, 0.2) is 42.5 Å². The van der Waals surface area contributed by atoms with Gasteiger partial charge < -0.3 is 15.2 Å². The van der Waals surface area contributed by atoms with Crippen molar-refractivity contribution in [2.45, 2.75) is 19.8 Å². The zero-order chi connectivity index (χ0) is 17.7. The Morgan fingerprint density at radius 1 is 1.12 bits per heavy atom. The number of aryl methyl sites for hydroxylation is 1. The molecule has 2 aromatic rings. The molecule has 4 nitrogen and oxygen atoms in total. The molecule has 0 fully saturated rings. The number of carbonyl (C=O) groups excluding carboxylic acids is 2. The number of nitrogens with one attached hydrogen (secondary N) is 1. The lowest BCUT2D eigenvalue weighted by Gasteiger charge is -2.18. The van der Waals surface area contributed by atoms with Crippen molar-refractivity contribution in [3.63, 3.8) is 0 Å². The van der Waals surface area contributed by atoms with E-state index in [1.165, 1.54) is 6.07 Å². The standard InChI is InChI=1S/C18H17Cl2NO3/c1-11-3-2-4-12(7-11)8-13(9-17(22)23)18(24)21-14-5-6-15(19)16(20)10-14/h2-7,10,13H,8-9H2,1H3,(H,21,24)(H,22,23)/p-1/t13-/m0/s1. The predicted octanol–water partition coefficient (Wildman–Crippen LogP) is 3.24. The Labute approximate surface area is 150 Å². The van der Waals surface area contributed by atoms with E-state index in [9.17, 15) is 14.7 Å². The van der Waals surface area contributed by atoms with Crippen molar-refractivity contribution in [1.82, 2.24) is 0 Å². The van der Waals surface area contributed by atoms with Crippen LogP contribution in [0.5, 0.6) is 0 Å². The van der Waals surface area contributed by atoms with E-state index in [0.29, 0.717) is 22.2 Å². The Balaban J connectivity index is 2.15. The van der Waals surface area contributed by atoms with E-state index in [0.717, 1.165) is 11.1 Å². The third kappa shape index (κ3) is 5.25. The van der Waals surface area contributed by atoms with E-state index in [-0.39, 0.29) is 6.42 Å². The summed E-state index contributed by atoms with van der Waals surface area (Å²) in [6, 6.07) is 12.3. The van der Waals surface area contributed by atoms with Gasteiger partial charge in [0.2, 0.25) is 5.91 Å². The van der Waals surface area contributed by atoms with Crippen molar-refractivity contribution >= 4 is 40.8 Å². The third-order valence-electron chi connectivity index (χ3n) is 3.54. The second-order valence-corrected chi connectivity index (χ2v) is 6.40. The van der Waals surface area contributed by atoms with Crippen LogP contribution in [0.3, 0.4) is 0 Å². The van der Waals surface area contributed by atoms with Crippen molar-refractivity contribution in [3.8, 4) is 0 Å². The van der Waals surface area contributed by atoms with Gasteiger partial charge in [0.1, 0.15) is 0 Å². The molecule has 1 N–H and O–H groups in total. The molecule has 1 amide bonds. The van der Waals surface area contributed by atoms with Gasteiger partial charge in [0.25, 0.3) is 0 Å². The highest BCUT2D eigenvalue weighted by molar-refractivity contribution is 6.42. The molecule has 0 saturated heterocycles. The Bertz CT molecular complexity index is 762. The Morgan fingerprint density at radius 3 is 2.50 bits per heavy atom. The third-order valence-corrected chi connectivity index (χ3v) is 4.27. The monoisotopic (exact) mass is 364 g/mol. The number of amides is 1. The maximum atomic E-state index is 12.5. The van der Waals surface area contributed by atoms with E-state index in [4.69, 9.17) is 23.2 Å². The molecular weight excluding hydrogens is 349 g/mol. The first-order chi connectivity index (χ1) is 11.3. The fraction of sp³-hybridized carbons (Fsp3) is 0.222. The number of rotatable bonds is 6. The van der Waals surface area contributed by atoms with Crippen molar-refractivity contribution in [1.29, 1.82) is 0 Å². The smallest absolute Gasteiger partial charge is 0.228 e. The van der Waals surface area contributed by atoms with Crippen LogP contribution >= 0.6 is 23.2 Å². The molecule has 1 atom stereocenters. The number of carbonyl (C=O) groups is 2. The molecule has 0 aliphatic rings. The zero-order valence-electron chi connectivity index (χ0n) is 13.0. The molecule has 24 heavy (non-hydrogen) atoms. The first-order valence-electron chi connectivity index (χ1n) is 7.36. The summed E-state index contributed by atoms with van der Waals surface area (Å²) in [4.78, 5) is 23.4. The van der Waals surface area contributed by atoms with Gasteiger partial charge in [-0.1, -0.05) is 53.0 Å². The van der Waals surface area contributed by atoms with Crippen LogP contribution in [-0.2, 0) is 16.0 Å². The molecule has 0 aliphatic carbocycles. The maximum Gasteiger partial charge on any atom is 0.228 e. The van der Waals surface area contributed by atoms with Gasteiger partial charge in [-0.15, -0.1) is 0 Å². The summed E-state index contributed by atoms with van der Waals surface area (Å²) in [6.45, 7) is 1.94. The Morgan fingerprint density at radius 2 is 1.88 bits per heavy atom. The van der Waals surface area contributed by atoms with Crippen molar-refractivity contribution in [2.24, 2.45) is 5.92 Å². The zero-order valence-corrected chi connectivity index (χ0v) is 14.5. The molecule has 0 unspecified atom stereocenters.